The number of nitrogens with zero attached hydrogens (tertiary/aromatic N) is 1. The number of aromatic nitrogens is 1. The molecular formula is C13H19N3O3. The van der Waals surface area contributed by atoms with Gasteiger partial charge in [-0.3, -0.25) is 0 Å². The first-order valence-electron chi connectivity index (χ1n) is 6.47. The number of hydrogen-bond donors (Lipinski definition) is 3. The zero-order valence-electron chi connectivity index (χ0n) is 10.8. The van der Waals surface area contributed by atoms with E-state index in [2.05, 4.69) is 10.3 Å². The highest BCUT2D eigenvalue weighted by Crippen LogP contribution is 2.28. The van der Waals surface area contributed by atoms with Crippen LogP contribution in [0.15, 0.2) is 12.3 Å². The zero-order valence-corrected chi connectivity index (χ0v) is 10.8. The summed E-state index contributed by atoms with van der Waals surface area (Å²) in [5.74, 6) is 0.0847. The molecule has 0 radical (unpaired) electrons. The molecule has 1 aliphatic rings. The van der Waals surface area contributed by atoms with Gasteiger partial charge in [0.25, 0.3) is 0 Å². The van der Waals surface area contributed by atoms with Gasteiger partial charge in [0.15, 0.2) is 0 Å². The fraction of sp³-hybridized carbons (Fsp3) is 0.538. The number of rotatable bonds is 8. The minimum absolute atomic E-state index is 0.0962. The molecule has 6 heteroatoms. The lowest BCUT2D eigenvalue weighted by atomic mass is 10.2. The van der Waals surface area contributed by atoms with Crippen LogP contribution in [-0.4, -0.2) is 35.8 Å². The van der Waals surface area contributed by atoms with Crippen molar-refractivity contribution in [2.75, 3.05) is 30.8 Å². The standard InChI is InChI=1S/C13H19N3O3/c14-10-6-11(13(17)18)12(16-7-10)15-4-1-5-19-8-9-2-3-9/h6-7,9H,1-5,8,14H2,(H,15,16)(H,17,18). The molecule has 1 saturated carbocycles. The Labute approximate surface area is 112 Å². The van der Waals surface area contributed by atoms with Gasteiger partial charge in [0.05, 0.1) is 11.9 Å². The van der Waals surface area contributed by atoms with Crippen molar-refractivity contribution < 1.29 is 14.6 Å². The Kier molecular flexibility index (Phi) is 4.57. The van der Waals surface area contributed by atoms with E-state index in [9.17, 15) is 4.79 Å². The third-order valence-corrected chi connectivity index (χ3v) is 2.95. The van der Waals surface area contributed by atoms with E-state index in [4.69, 9.17) is 15.6 Å². The summed E-state index contributed by atoms with van der Waals surface area (Å²) in [4.78, 5) is 15.0. The number of carboxylic acid groups (broad SMARTS) is 1. The summed E-state index contributed by atoms with van der Waals surface area (Å²) in [6, 6.07) is 1.40. The molecule has 0 aromatic carbocycles. The van der Waals surface area contributed by atoms with Crippen LogP contribution in [0.25, 0.3) is 0 Å². The van der Waals surface area contributed by atoms with E-state index in [0.29, 0.717) is 24.7 Å². The van der Waals surface area contributed by atoms with Gasteiger partial charge < -0.3 is 20.9 Å². The summed E-state index contributed by atoms with van der Waals surface area (Å²) < 4.78 is 5.50. The van der Waals surface area contributed by atoms with Crippen LogP contribution >= 0.6 is 0 Å². The van der Waals surface area contributed by atoms with Gasteiger partial charge in [0.2, 0.25) is 0 Å². The second-order valence-electron chi connectivity index (χ2n) is 4.77. The fourth-order valence-electron chi connectivity index (χ4n) is 1.70. The molecule has 1 aromatic rings. The van der Waals surface area contributed by atoms with Gasteiger partial charge in [0, 0.05) is 19.8 Å². The molecular weight excluding hydrogens is 246 g/mol. The van der Waals surface area contributed by atoms with E-state index >= 15 is 0 Å². The highest BCUT2D eigenvalue weighted by molar-refractivity contribution is 5.94. The number of nitrogen functional groups attached to an aromatic ring is 1. The molecule has 104 valence electrons. The first-order chi connectivity index (χ1) is 9.16. The van der Waals surface area contributed by atoms with Gasteiger partial charge in [-0.05, 0) is 31.2 Å². The molecule has 1 heterocycles. The molecule has 19 heavy (non-hydrogen) atoms. The highest BCUT2D eigenvalue weighted by Gasteiger charge is 2.20. The Morgan fingerprint density at radius 2 is 2.37 bits per heavy atom. The lowest BCUT2D eigenvalue weighted by molar-refractivity contribution is 0.0697. The van der Waals surface area contributed by atoms with Crippen molar-refractivity contribution in [3.05, 3.63) is 17.8 Å². The predicted octanol–water partition coefficient (Wildman–Crippen LogP) is 1.59. The summed E-state index contributed by atoms with van der Waals surface area (Å²) in [5, 5.41) is 12.0. The number of nitrogens with one attached hydrogen (secondary N) is 1. The number of carbonyl (C=O) groups is 1. The summed E-state index contributed by atoms with van der Waals surface area (Å²) in [6.07, 6.45) is 4.83. The summed E-state index contributed by atoms with van der Waals surface area (Å²) in [7, 11) is 0. The molecule has 4 N–H and O–H groups in total. The van der Waals surface area contributed by atoms with Gasteiger partial charge in [-0.15, -0.1) is 0 Å². The van der Waals surface area contributed by atoms with Crippen molar-refractivity contribution in [2.45, 2.75) is 19.3 Å². The molecule has 1 fully saturated rings. The largest absolute Gasteiger partial charge is 0.478 e. The van der Waals surface area contributed by atoms with Crippen LogP contribution in [0, 0.1) is 5.92 Å². The van der Waals surface area contributed by atoms with E-state index in [0.717, 1.165) is 18.9 Å². The molecule has 0 saturated heterocycles. The van der Waals surface area contributed by atoms with Crippen LogP contribution in [0.4, 0.5) is 11.5 Å². The van der Waals surface area contributed by atoms with E-state index < -0.39 is 5.97 Å². The maximum Gasteiger partial charge on any atom is 0.339 e. The minimum atomic E-state index is -1.03. The molecule has 6 nitrogen and oxygen atoms in total. The van der Waals surface area contributed by atoms with Gasteiger partial charge in [0.1, 0.15) is 11.4 Å². The molecule has 0 spiro atoms. The first kappa shape index (κ1) is 13.6. The van der Waals surface area contributed by atoms with Crippen molar-refractivity contribution in [2.24, 2.45) is 5.92 Å². The Morgan fingerprint density at radius 1 is 1.58 bits per heavy atom. The van der Waals surface area contributed by atoms with E-state index in [1.807, 2.05) is 0 Å². The van der Waals surface area contributed by atoms with Gasteiger partial charge >= 0.3 is 5.97 Å². The maximum atomic E-state index is 11.0. The third kappa shape index (κ3) is 4.40. The quantitative estimate of drug-likeness (QED) is 0.617. The number of carboxylic acids is 1. The van der Waals surface area contributed by atoms with Crippen LogP contribution in [0.5, 0.6) is 0 Å². The molecule has 0 atom stereocenters. The molecule has 2 rings (SSSR count). The Bertz CT molecular complexity index is 447. The summed E-state index contributed by atoms with van der Waals surface area (Å²) in [5.41, 5.74) is 5.96. The average molecular weight is 265 g/mol. The van der Waals surface area contributed by atoms with Crippen molar-refractivity contribution in [1.82, 2.24) is 4.98 Å². The average Bonchev–Trinajstić information content (AvgIpc) is 3.19. The number of pyridine rings is 1. The van der Waals surface area contributed by atoms with Crippen LogP contribution in [-0.2, 0) is 4.74 Å². The van der Waals surface area contributed by atoms with Gasteiger partial charge in [-0.2, -0.15) is 0 Å². The van der Waals surface area contributed by atoms with E-state index in [1.165, 1.54) is 25.1 Å². The van der Waals surface area contributed by atoms with Gasteiger partial charge in [-0.25, -0.2) is 9.78 Å². The Balaban J connectivity index is 1.73. The molecule has 1 aliphatic carbocycles. The van der Waals surface area contributed by atoms with Gasteiger partial charge in [-0.1, -0.05) is 0 Å². The van der Waals surface area contributed by atoms with Crippen LogP contribution in [0.2, 0.25) is 0 Å². The second-order valence-corrected chi connectivity index (χ2v) is 4.77. The summed E-state index contributed by atoms with van der Waals surface area (Å²) in [6.45, 7) is 2.16. The van der Waals surface area contributed by atoms with Crippen LogP contribution in [0.1, 0.15) is 29.6 Å². The number of nitrogens with two attached hydrogens (primary N) is 1. The number of ether oxygens (including phenoxy) is 1. The predicted molar refractivity (Wildman–Crippen MR) is 72.3 cm³/mol. The zero-order chi connectivity index (χ0) is 13.7. The molecule has 0 bridgehead atoms. The fourth-order valence-corrected chi connectivity index (χ4v) is 1.70. The van der Waals surface area contributed by atoms with Crippen molar-refractivity contribution in [1.29, 1.82) is 0 Å². The van der Waals surface area contributed by atoms with Crippen LogP contribution in [0.3, 0.4) is 0 Å². The van der Waals surface area contributed by atoms with E-state index in [-0.39, 0.29) is 5.56 Å². The second kappa shape index (κ2) is 6.38. The molecule has 0 amide bonds. The number of hydrogen-bond acceptors (Lipinski definition) is 5. The molecule has 1 aromatic heterocycles. The number of anilines is 2. The SMILES string of the molecule is Nc1cnc(NCCCOCC2CC2)c(C(=O)O)c1. The smallest absolute Gasteiger partial charge is 0.339 e. The summed E-state index contributed by atoms with van der Waals surface area (Å²) >= 11 is 0. The van der Waals surface area contributed by atoms with Crippen LogP contribution < -0.4 is 11.1 Å². The highest BCUT2D eigenvalue weighted by atomic mass is 16.5. The maximum absolute atomic E-state index is 11.0. The monoisotopic (exact) mass is 265 g/mol. The topological polar surface area (TPSA) is 97.5 Å². The normalized spacial score (nSPS) is 14.3. The van der Waals surface area contributed by atoms with Crippen molar-refractivity contribution >= 4 is 17.5 Å². The van der Waals surface area contributed by atoms with Crippen molar-refractivity contribution in [3.63, 3.8) is 0 Å². The minimum Gasteiger partial charge on any atom is -0.478 e. The molecule has 0 unspecified atom stereocenters. The molecule has 0 aliphatic heterocycles. The lowest BCUT2D eigenvalue weighted by Crippen LogP contribution is -2.12. The van der Waals surface area contributed by atoms with Crippen molar-refractivity contribution in [3.8, 4) is 0 Å². The van der Waals surface area contributed by atoms with E-state index in [1.54, 1.807) is 0 Å². The lowest BCUT2D eigenvalue weighted by Gasteiger charge is -2.09. The Hall–Kier alpha value is -1.82. The Morgan fingerprint density at radius 3 is 3.05 bits per heavy atom. The third-order valence-electron chi connectivity index (χ3n) is 2.95. The number of aromatic carboxylic acids is 1. The first-order valence-corrected chi connectivity index (χ1v) is 6.47.